The molecule has 0 saturated carbocycles. The Hall–Kier alpha value is -0.670. The van der Waals surface area contributed by atoms with E-state index in [0.29, 0.717) is 18.0 Å². The van der Waals surface area contributed by atoms with Crippen LogP contribution in [0.4, 0.5) is 5.69 Å². The topological polar surface area (TPSA) is 15.3 Å². The van der Waals surface area contributed by atoms with Gasteiger partial charge in [-0.25, -0.2) is 0 Å². The summed E-state index contributed by atoms with van der Waals surface area (Å²) in [4.78, 5) is 3.90. The molecule has 0 radical (unpaired) electrons. The van der Waals surface area contributed by atoms with Crippen molar-refractivity contribution in [2.24, 2.45) is 5.92 Å². The van der Waals surface area contributed by atoms with E-state index in [0.717, 1.165) is 13.1 Å². The molecule has 1 aliphatic rings. The molecule has 1 N–H and O–H groups in total. The van der Waals surface area contributed by atoms with E-state index in [4.69, 9.17) is 0 Å². The molecule has 2 rings (SSSR count). The molecule has 3 unspecified atom stereocenters. The number of hydrogen-bond donors (Lipinski definition) is 1. The maximum absolute atomic E-state index is 3.62. The Labute approximate surface area is 122 Å². The normalized spacial score (nSPS) is 27.6. The minimum absolute atomic E-state index is 0.595. The summed E-state index contributed by atoms with van der Waals surface area (Å²) in [5.41, 5.74) is 1.37. The van der Waals surface area contributed by atoms with Crippen molar-refractivity contribution in [3.63, 3.8) is 0 Å². The van der Waals surface area contributed by atoms with Gasteiger partial charge in [0, 0.05) is 29.2 Å². The van der Waals surface area contributed by atoms with Crippen molar-refractivity contribution < 1.29 is 0 Å². The van der Waals surface area contributed by atoms with Crippen molar-refractivity contribution in [1.29, 1.82) is 0 Å². The van der Waals surface area contributed by atoms with Gasteiger partial charge in [0.15, 0.2) is 0 Å². The van der Waals surface area contributed by atoms with Crippen LogP contribution in [0.5, 0.6) is 0 Å². The second-order valence-corrected chi connectivity index (χ2v) is 6.32. The van der Waals surface area contributed by atoms with E-state index in [1.807, 2.05) is 0 Å². The zero-order chi connectivity index (χ0) is 13.8. The van der Waals surface area contributed by atoms with E-state index in [1.165, 1.54) is 17.0 Å². The van der Waals surface area contributed by atoms with Crippen LogP contribution in [0.3, 0.4) is 0 Å². The van der Waals surface area contributed by atoms with Gasteiger partial charge in [0.1, 0.15) is 0 Å². The fraction of sp³-hybridized carbons (Fsp3) is 0.625. The fourth-order valence-electron chi connectivity index (χ4n) is 3.05. The second-order valence-electron chi connectivity index (χ2n) is 5.44. The maximum Gasteiger partial charge on any atom is 0.0369 e. The van der Waals surface area contributed by atoms with Crippen LogP contribution in [-0.2, 0) is 0 Å². The lowest BCUT2D eigenvalue weighted by Crippen LogP contribution is -2.53. The van der Waals surface area contributed by atoms with E-state index < -0.39 is 0 Å². The quantitative estimate of drug-likeness (QED) is 0.847. The first-order chi connectivity index (χ1) is 9.17. The maximum atomic E-state index is 3.62. The number of thioether (sulfide) groups is 1. The molecular weight excluding hydrogens is 252 g/mol. The zero-order valence-corrected chi connectivity index (χ0v) is 13.3. The van der Waals surface area contributed by atoms with Crippen molar-refractivity contribution in [3.05, 3.63) is 24.3 Å². The predicted octanol–water partition coefficient (Wildman–Crippen LogP) is 3.62. The molecule has 2 nitrogen and oxygen atoms in total. The van der Waals surface area contributed by atoms with Crippen LogP contribution in [0.1, 0.15) is 27.2 Å². The van der Waals surface area contributed by atoms with E-state index in [1.54, 1.807) is 11.8 Å². The molecule has 1 fully saturated rings. The monoisotopic (exact) mass is 278 g/mol. The minimum Gasteiger partial charge on any atom is -0.368 e. The first-order valence-electron chi connectivity index (χ1n) is 7.31. The molecule has 0 amide bonds. The van der Waals surface area contributed by atoms with E-state index >= 15 is 0 Å². The summed E-state index contributed by atoms with van der Waals surface area (Å²) in [6.45, 7) is 9.16. The molecule has 0 aliphatic carbocycles. The van der Waals surface area contributed by atoms with Crippen LogP contribution >= 0.6 is 11.8 Å². The number of anilines is 1. The molecule has 0 spiro atoms. The molecule has 19 heavy (non-hydrogen) atoms. The van der Waals surface area contributed by atoms with Crippen molar-refractivity contribution in [1.82, 2.24) is 5.32 Å². The summed E-state index contributed by atoms with van der Waals surface area (Å²) < 4.78 is 0. The zero-order valence-electron chi connectivity index (χ0n) is 12.5. The molecule has 106 valence electrons. The number of nitrogens with one attached hydrogen (secondary N) is 1. The van der Waals surface area contributed by atoms with Crippen molar-refractivity contribution in [2.75, 3.05) is 24.2 Å². The first-order valence-corrected chi connectivity index (χ1v) is 8.54. The largest absolute Gasteiger partial charge is 0.368 e. The third-order valence-corrected chi connectivity index (χ3v) is 5.18. The molecular formula is C16H26N2S. The summed E-state index contributed by atoms with van der Waals surface area (Å²) in [5, 5.41) is 3.62. The number of rotatable bonds is 4. The molecule has 1 aromatic rings. The number of piperidine rings is 1. The Morgan fingerprint density at radius 2 is 1.95 bits per heavy atom. The van der Waals surface area contributed by atoms with E-state index in [-0.39, 0.29) is 0 Å². The summed E-state index contributed by atoms with van der Waals surface area (Å²) in [6.07, 6.45) is 3.37. The fourth-order valence-corrected chi connectivity index (χ4v) is 3.46. The molecule has 1 aliphatic heterocycles. The van der Waals surface area contributed by atoms with E-state index in [9.17, 15) is 0 Å². The van der Waals surface area contributed by atoms with Crippen LogP contribution in [-0.4, -0.2) is 31.4 Å². The molecule has 0 aromatic heterocycles. The van der Waals surface area contributed by atoms with Gasteiger partial charge in [-0.1, -0.05) is 13.8 Å². The lowest BCUT2D eigenvalue weighted by Gasteiger charge is -2.44. The van der Waals surface area contributed by atoms with Crippen molar-refractivity contribution in [3.8, 4) is 0 Å². The number of hydrogen-bond acceptors (Lipinski definition) is 3. The van der Waals surface area contributed by atoms with E-state index in [2.05, 4.69) is 61.5 Å². The van der Waals surface area contributed by atoms with Gasteiger partial charge in [-0.2, -0.15) is 0 Å². The van der Waals surface area contributed by atoms with Crippen LogP contribution in [0.15, 0.2) is 29.2 Å². The lowest BCUT2D eigenvalue weighted by atomic mass is 9.86. The standard InChI is InChI=1S/C16H26N2S/c1-5-17-16-10-11-18(13(3)12(16)2)14-6-8-15(19-4)9-7-14/h6-9,12-13,16-17H,5,10-11H2,1-4H3. The SMILES string of the molecule is CCNC1CCN(c2ccc(SC)cc2)C(C)C1C. The summed E-state index contributed by atoms with van der Waals surface area (Å²) >= 11 is 1.80. The van der Waals surface area contributed by atoms with Crippen molar-refractivity contribution >= 4 is 17.4 Å². The first kappa shape index (κ1) is 14.7. The van der Waals surface area contributed by atoms with Gasteiger partial charge in [-0.15, -0.1) is 11.8 Å². The average molecular weight is 278 g/mol. The van der Waals surface area contributed by atoms with Gasteiger partial charge in [0.25, 0.3) is 0 Å². The predicted molar refractivity (Wildman–Crippen MR) is 86.3 cm³/mol. The average Bonchev–Trinajstić information content (AvgIpc) is 2.45. The van der Waals surface area contributed by atoms with Crippen LogP contribution in [0.2, 0.25) is 0 Å². The summed E-state index contributed by atoms with van der Waals surface area (Å²) in [5.74, 6) is 0.689. The highest BCUT2D eigenvalue weighted by atomic mass is 32.2. The van der Waals surface area contributed by atoms with Gasteiger partial charge in [0.05, 0.1) is 0 Å². The van der Waals surface area contributed by atoms with Gasteiger partial charge >= 0.3 is 0 Å². The number of benzene rings is 1. The van der Waals surface area contributed by atoms with Gasteiger partial charge < -0.3 is 10.2 Å². The van der Waals surface area contributed by atoms with Gasteiger partial charge in [0.2, 0.25) is 0 Å². The Morgan fingerprint density at radius 1 is 1.26 bits per heavy atom. The molecule has 1 aromatic carbocycles. The third-order valence-electron chi connectivity index (χ3n) is 4.44. The third kappa shape index (κ3) is 3.26. The summed E-state index contributed by atoms with van der Waals surface area (Å²) in [7, 11) is 0. The van der Waals surface area contributed by atoms with Gasteiger partial charge in [-0.05, 0) is 56.3 Å². The summed E-state index contributed by atoms with van der Waals surface area (Å²) in [6, 6.07) is 10.3. The van der Waals surface area contributed by atoms with Gasteiger partial charge in [-0.3, -0.25) is 0 Å². The minimum atomic E-state index is 0.595. The van der Waals surface area contributed by atoms with Crippen LogP contribution < -0.4 is 10.2 Å². The molecule has 1 heterocycles. The second kappa shape index (κ2) is 6.67. The molecule has 3 heteroatoms. The highest BCUT2D eigenvalue weighted by Crippen LogP contribution is 2.29. The Bertz CT molecular complexity index is 390. The highest BCUT2D eigenvalue weighted by molar-refractivity contribution is 7.98. The molecule has 1 saturated heterocycles. The smallest absolute Gasteiger partial charge is 0.0369 e. The molecule has 3 atom stereocenters. The Morgan fingerprint density at radius 3 is 2.53 bits per heavy atom. The highest BCUT2D eigenvalue weighted by Gasteiger charge is 2.31. The van der Waals surface area contributed by atoms with Crippen LogP contribution in [0, 0.1) is 5.92 Å². The number of nitrogens with zero attached hydrogens (tertiary/aromatic N) is 1. The lowest BCUT2D eigenvalue weighted by molar-refractivity contribution is 0.274. The van der Waals surface area contributed by atoms with Crippen molar-refractivity contribution in [2.45, 2.75) is 44.2 Å². The Kier molecular flexibility index (Phi) is 5.17. The van der Waals surface area contributed by atoms with Crippen LogP contribution in [0.25, 0.3) is 0 Å². The Balaban J connectivity index is 2.08. The molecule has 0 bridgehead atoms.